The van der Waals surface area contributed by atoms with Crippen molar-refractivity contribution < 1.29 is 13.2 Å². The Morgan fingerprint density at radius 1 is 1.14 bits per heavy atom. The van der Waals surface area contributed by atoms with Crippen molar-refractivity contribution in [3.8, 4) is 0 Å². The van der Waals surface area contributed by atoms with Gasteiger partial charge in [0.2, 0.25) is 10.0 Å². The predicted octanol–water partition coefficient (Wildman–Crippen LogP) is 3.03. The van der Waals surface area contributed by atoms with E-state index in [2.05, 4.69) is 27.7 Å². The van der Waals surface area contributed by atoms with Gasteiger partial charge in [-0.25, -0.2) is 8.42 Å². The van der Waals surface area contributed by atoms with E-state index in [1.165, 1.54) is 9.87 Å². The minimum atomic E-state index is -3.41. The summed E-state index contributed by atoms with van der Waals surface area (Å²) in [5.41, 5.74) is 2.40. The zero-order chi connectivity index (χ0) is 16.3. The van der Waals surface area contributed by atoms with Gasteiger partial charge in [0.05, 0.1) is 18.1 Å². The number of rotatable bonds is 5. The van der Waals surface area contributed by atoms with Crippen LogP contribution in [0, 0.1) is 5.92 Å². The Morgan fingerprint density at radius 2 is 1.77 bits per heavy atom. The van der Waals surface area contributed by atoms with Crippen LogP contribution in [0.1, 0.15) is 44.7 Å². The molecule has 1 fully saturated rings. The van der Waals surface area contributed by atoms with Crippen molar-refractivity contribution in [2.45, 2.75) is 44.9 Å². The van der Waals surface area contributed by atoms with Gasteiger partial charge in [-0.15, -0.1) is 0 Å². The molecule has 22 heavy (non-hydrogen) atoms. The monoisotopic (exact) mass is 325 g/mol. The van der Waals surface area contributed by atoms with Crippen molar-refractivity contribution in [2.24, 2.45) is 5.92 Å². The van der Waals surface area contributed by atoms with Crippen LogP contribution >= 0.6 is 0 Å². The van der Waals surface area contributed by atoms with E-state index in [9.17, 15) is 8.42 Å². The van der Waals surface area contributed by atoms with Crippen LogP contribution < -0.4 is 0 Å². The van der Waals surface area contributed by atoms with Crippen LogP contribution in [0.2, 0.25) is 0 Å². The van der Waals surface area contributed by atoms with Crippen molar-refractivity contribution in [1.82, 2.24) is 4.31 Å². The van der Waals surface area contributed by atoms with Gasteiger partial charge in [0.15, 0.2) is 0 Å². The van der Waals surface area contributed by atoms with Gasteiger partial charge in [0.1, 0.15) is 0 Å². The number of morpholine rings is 1. The Labute approximate surface area is 134 Å². The van der Waals surface area contributed by atoms with Crippen molar-refractivity contribution in [2.75, 3.05) is 26.3 Å². The molecule has 0 atom stereocenters. The van der Waals surface area contributed by atoms with Crippen molar-refractivity contribution in [3.05, 3.63) is 29.3 Å². The second-order valence-corrected chi connectivity index (χ2v) is 8.57. The SMILES string of the molecule is CC(C)Cc1cc(S(=O)(=O)N2CCOCC2)ccc1C(C)C. The van der Waals surface area contributed by atoms with E-state index in [1.54, 1.807) is 6.07 Å². The van der Waals surface area contributed by atoms with Gasteiger partial charge in [0.25, 0.3) is 0 Å². The first-order valence-corrected chi connectivity index (χ1v) is 9.47. The summed E-state index contributed by atoms with van der Waals surface area (Å²) in [5.74, 6) is 0.896. The highest BCUT2D eigenvalue weighted by atomic mass is 32.2. The zero-order valence-electron chi connectivity index (χ0n) is 14.0. The molecule has 0 unspecified atom stereocenters. The summed E-state index contributed by atoms with van der Waals surface area (Å²) >= 11 is 0. The summed E-state index contributed by atoms with van der Waals surface area (Å²) in [5, 5.41) is 0. The Balaban J connectivity index is 2.38. The van der Waals surface area contributed by atoms with E-state index in [1.807, 2.05) is 12.1 Å². The number of sulfonamides is 1. The van der Waals surface area contributed by atoms with Gasteiger partial charge in [-0.2, -0.15) is 4.31 Å². The summed E-state index contributed by atoms with van der Waals surface area (Å²) in [6, 6.07) is 5.61. The summed E-state index contributed by atoms with van der Waals surface area (Å²) in [7, 11) is -3.41. The fourth-order valence-corrected chi connectivity index (χ4v) is 4.32. The van der Waals surface area contributed by atoms with E-state index in [0.717, 1.165) is 12.0 Å². The molecule has 0 N–H and O–H groups in total. The molecule has 0 aromatic heterocycles. The molecule has 4 nitrogen and oxygen atoms in total. The van der Waals surface area contributed by atoms with Crippen LogP contribution in [-0.2, 0) is 21.2 Å². The first-order valence-electron chi connectivity index (χ1n) is 8.03. The van der Waals surface area contributed by atoms with Gasteiger partial charge in [-0.1, -0.05) is 33.8 Å². The first kappa shape index (κ1) is 17.4. The van der Waals surface area contributed by atoms with Crippen LogP contribution in [0.5, 0.6) is 0 Å². The molecule has 0 saturated carbocycles. The van der Waals surface area contributed by atoms with E-state index in [0.29, 0.717) is 43.0 Å². The third kappa shape index (κ3) is 3.89. The summed E-state index contributed by atoms with van der Waals surface area (Å²) in [6.07, 6.45) is 0.903. The lowest BCUT2D eigenvalue weighted by atomic mass is 9.92. The second kappa shape index (κ2) is 7.11. The van der Waals surface area contributed by atoms with Crippen LogP contribution in [0.15, 0.2) is 23.1 Å². The molecule has 1 aliphatic heterocycles. The van der Waals surface area contributed by atoms with E-state index in [4.69, 9.17) is 4.74 Å². The molecule has 0 amide bonds. The molecule has 124 valence electrons. The minimum absolute atomic E-state index is 0.397. The number of hydrogen-bond acceptors (Lipinski definition) is 3. The standard InChI is InChI=1S/C17H27NO3S/c1-13(2)11-15-12-16(5-6-17(15)14(3)4)22(19,20)18-7-9-21-10-8-18/h5-6,12-14H,7-11H2,1-4H3. The van der Waals surface area contributed by atoms with Gasteiger partial charge in [0, 0.05) is 13.1 Å². The lowest BCUT2D eigenvalue weighted by Gasteiger charge is -2.26. The van der Waals surface area contributed by atoms with E-state index < -0.39 is 10.0 Å². The van der Waals surface area contributed by atoms with E-state index >= 15 is 0 Å². The normalized spacial score (nSPS) is 17.4. The van der Waals surface area contributed by atoms with Gasteiger partial charge < -0.3 is 4.74 Å². The maximum absolute atomic E-state index is 12.8. The highest BCUT2D eigenvalue weighted by Crippen LogP contribution is 2.27. The molecule has 0 spiro atoms. The van der Waals surface area contributed by atoms with Gasteiger partial charge >= 0.3 is 0 Å². The Kier molecular flexibility index (Phi) is 5.64. The number of hydrogen-bond donors (Lipinski definition) is 0. The quantitative estimate of drug-likeness (QED) is 0.836. The number of benzene rings is 1. The average Bonchev–Trinajstić information content (AvgIpc) is 2.47. The Bertz CT molecular complexity index is 602. The summed E-state index contributed by atoms with van der Waals surface area (Å²) in [4.78, 5) is 0.412. The fourth-order valence-electron chi connectivity index (χ4n) is 2.86. The fraction of sp³-hybridized carbons (Fsp3) is 0.647. The maximum Gasteiger partial charge on any atom is 0.243 e. The molecule has 2 rings (SSSR count). The Hall–Kier alpha value is -0.910. The molecule has 1 aromatic rings. The maximum atomic E-state index is 12.8. The lowest BCUT2D eigenvalue weighted by Crippen LogP contribution is -2.40. The van der Waals surface area contributed by atoms with Crippen molar-refractivity contribution in [1.29, 1.82) is 0 Å². The molecular formula is C17H27NO3S. The topological polar surface area (TPSA) is 46.6 Å². The predicted molar refractivity (Wildman–Crippen MR) is 88.7 cm³/mol. The van der Waals surface area contributed by atoms with Crippen LogP contribution in [0.25, 0.3) is 0 Å². The number of ether oxygens (including phenoxy) is 1. The highest BCUT2D eigenvalue weighted by molar-refractivity contribution is 7.89. The van der Waals surface area contributed by atoms with E-state index in [-0.39, 0.29) is 0 Å². The summed E-state index contributed by atoms with van der Waals surface area (Å²) in [6.45, 7) is 10.4. The third-order valence-electron chi connectivity index (χ3n) is 3.97. The lowest BCUT2D eigenvalue weighted by molar-refractivity contribution is 0.0730. The first-order chi connectivity index (χ1) is 10.3. The molecule has 0 bridgehead atoms. The molecule has 1 heterocycles. The molecule has 1 aromatic carbocycles. The largest absolute Gasteiger partial charge is 0.379 e. The van der Waals surface area contributed by atoms with Gasteiger partial charge in [-0.3, -0.25) is 0 Å². The molecular weight excluding hydrogens is 298 g/mol. The third-order valence-corrected chi connectivity index (χ3v) is 5.87. The van der Waals surface area contributed by atoms with Crippen LogP contribution in [0.4, 0.5) is 0 Å². The molecule has 5 heteroatoms. The van der Waals surface area contributed by atoms with Crippen molar-refractivity contribution >= 4 is 10.0 Å². The summed E-state index contributed by atoms with van der Waals surface area (Å²) < 4.78 is 32.3. The van der Waals surface area contributed by atoms with Crippen LogP contribution in [0.3, 0.4) is 0 Å². The average molecular weight is 325 g/mol. The van der Waals surface area contributed by atoms with Crippen molar-refractivity contribution in [3.63, 3.8) is 0 Å². The molecule has 0 radical (unpaired) electrons. The molecule has 0 aliphatic carbocycles. The smallest absolute Gasteiger partial charge is 0.243 e. The molecule has 1 saturated heterocycles. The van der Waals surface area contributed by atoms with Gasteiger partial charge in [-0.05, 0) is 41.5 Å². The molecule has 1 aliphatic rings. The van der Waals surface area contributed by atoms with Crippen LogP contribution in [-0.4, -0.2) is 39.0 Å². The minimum Gasteiger partial charge on any atom is -0.379 e. The highest BCUT2D eigenvalue weighted by Gasteiger charge is 2.27. The second-order valence-electron chi connectivity index (χ2n) is 6.63. The zero-order valence-corrected chi connectivity index (χ0v) is 14.8. The Morgan fingerprint density at radius 3 is 2.32 bits per heavy atom. The number of nitrogens with zero attached hydrogens (tertiary/aromatic N) is 1.